The van der Waals surface area contributed by atoms with Gasteiger partial charge in [0.15, 0.2) is 0 Å². The topological polar surface area (TPSA) is 73.2 Å². The van der Waals surface area contributed by atoms with Crippen LogP contribution < -0.4 is 4.90 Å². The number of piperidine rings is 1. The van der Waals surface area contributed by atoms with Crippen LogP contribution in [-0.4, -0.2) is 47.3 Å². The lowest BCUT2D eigenvalue weighted by molar-refractivity contribution is -0.119. The molecule has 2 heterocycles. The number of carbonyl (C=O) groups excluding carboxylic acids is 2. The van der Waals surface area contributed by atoms with Gasteiger partial charge in [-0.3, -0.25) is 9.59 Å². The average Bonchev–Trinajstić information content (AvgIpc) is 2.74. The van der Waals surface area contributed by atoms with E-state index in [1.54, 1.807) is 24.3 Å². The molecule has 2 amide bonds. The van der Waals surface area contributed by atoms with Crippen LogP contribution in [0, 0.1) is 0 Å². The van der Waals surface area contributed by atoms with Gasteiger partial charge in [-0.15, -0.1) is 0 Å². The first kappa shape index (κ1) is 18.2. The van der Waals surface area contributed by atoms with Crippen LogP contribution in [0.4, 0.5) is 5.69 Å². The number of amides is 2. The minimum absolute atomic E-state index is 0.00342. The van der Waals surface area contributed by atoms with Gasteiger partial charge >= 0.3 is 0 Å². The molecule has 0 unspecified atom stereocenters. The first-order valence-corrected chi connectivity index (χ1v) is 9.64. The van der Waals surface area contributed by atoms with Crippen LogP contribution in [0.25, 0.3) is 0 Å². The van der Waals surface area contributed by atoms with E-state index >= 15 is 0 Å². The Hall–Kier alpha value is -3.15. The van der Waals surface area contributed by atoms with Gasteiger partial charge in [0, 0.05) is 36.8 Å². The van der Waals surface area contributed by atoms with Crippen molar-refractivity contribution in [3.63, 3.8) is 0 Å². The quantitative estimate of drug-likeness (QED) is 0.508. The minimum atomic E-state index is -0.00342. The standard InChI is InChI=1S/C22H23N3O3/c26-21-10-9-17-3-1-2-4-20(17)25(21)19-11-13-24(14-12-19)22(27)18-7-5-16(6-8-18)15-23-28/h1-8,15,19,28H,9-14H2/b23-15+. The molecule has 144 valence electrons. The number of benzene rings is 2. The Balaban J connectivity index is 1.43. The third-order valence-corrected chi connectivity index (χ3v) is 5.61. The number of para-hydroxylation sites is 1. The highest BCUT2D eigenvalue weighted by atomic mass is 16.4. The summed E-state index contributed by atoms with van der Waals surface area (Å²) in [5.41, 5.74) is 3.62. The van der Waals surface area contributed by atoms with Gasteiger partial charge in [-0.05, 0) is 48.6 Å². The van der Waals surface area contributed by atoms with E-state index < -0.39 is 0 Å². The summed E-state index contributed by atoms with van der Waals surface area (Å²) in [5.74, 6) is 0.181. The predicted octanol–water partition coefficient (Wildman–Crippen LogP) is 3.08. The lowest BCUT2D eigenvalue weighted by atomic mass is 9.95. The Labute approximate surface area is 164 Å². The highest BCUT2D eigenvalue weighted by molar-refractivity contribution is 5.97. The SMILES string of the molecule is O=C(c1ccc(/C=N/O)cc1)N1CCC(N2C(=O)CCc3ccccc32)CC1. The predicted molar refractivity (Wildman–Crippen MR) is 107 cm³/mol. The zero-order valence-electron chi connectivity index (χ0n) is 15.6. The summed E-state index contributed by atoms with van der Waals surface area (Å²) in [4.78, 5) is 29.2. The Kier molecular flexibility index (Phi) is 5.10. The van der Waals surface area contributed by atoms with Crippen LogP contribution in [0.15, 0.2) is 53.7 Å². The second kappa shape index (κ2) is 7.84. The first-order chi connectivity index (χ1) is 13.7. The minimum Gasteiger partial charge on any atom is -0.411 e. The molecule has 0 radical (unpaired) electrons. The molecule has 1 saturated heterocycles. The van der Waals surface area contributed by atoms with Crippen LogP contribution in [0.2, 0.25) is 0 Å². The number of likely N-dealkylation sites (tertiary alicyclic amines) is 1. The van der Waals surface area contributed by atoms with Crippen molar-refractivity contribution in [2.45, 2.75) is 31.7 Å². The fourth-order valence-corrected chi connectivity index (χ4v) is 4.14. The van der Waals surface area contributed by atoms with Gasteiger partial charge in [0.25, 0.3) is 5.91 Å². The number of nitrogens with zero attached hydrogens (tertiary/aromatic N) is 3. The summed E-state index contributed by atoms with van der Waals surface area (Å²) in [6.45, 7) is 1.27. The maximum atomic E-state index is 12.8. The van der Waals surface area contributed by atoms with Crippen molar-refractivity contribution in [3.05, 3.63) is 65.2 Å². The fraction of sp³-hybridized carbons (Fsp3) is 0.318. The summed E-state index contributed by atoms with van der Waals surface area (Å²) < 4.78 is 0. The van der Waals surface area contributed by atoms with Crippen molar-refractivity contribution < 1.29 is 14.8 Å². The third-order valence-electron chi connectivity index (χ3n) is 5.61. The maximum absolute atomic E-state index is 12.8. The van der Waals surface area contributed by atoms with Gasteiger partial charge in [-0.2, -0.15) is 0 Å². The number of rotatable bonds is 3. The Morgan fingerprint density at radius 2 is 1.75 bits per heavy atom. The van der Waals surface area contributed by atoms with Crippen LogP contribution in [-0.2, 0) is 11.2 Å². The van der Waals surface area contributed by atoms with Crippen molar-refractivity contribution in [3.8, 4) is 0 Å². The van der Waals surface area contributed by atoms with Gasteiger partial charge in [-0.1, -0.05) is 35.5 Å². The lowest BCUT2D eigenvalue weighted by Gasteiger charge is -2.41. The van der Waals surface area contributed by atoms with Crippen molar-refractivity contribution in [1.82, 2.24) is 4.90 Å². The first-order valence-electron chi connectivity index (χ1n) is 9.64. The van der Waals surface area contributed by atoms with Crippen LogP contribution >= 0.6 is 0 Å². The van der Waals surface area contributed by atoms with Crippen molar-refractivity contribution in [2.24, 2.45) is 5.16 Å². The molecule has 0 saturated carbocycles. The number of fused-ring (bicyclic) bond motifs is 1. The Morgan fingerprint density at radius 3 is 2.46 bits per heavy atom. The number of aryl methyl sites for hydroxylation is 1. The summed E-state index contributed by atoms with van der Waals surface area (Å²) in [5, 5.41) is 11.6. The summed E-state index contributed by atoms with van der Waals surface area (Å²) in [7, 11) is 0. The average molecular weight is 377 g/mol. The molecule has 0 spiro atoms. The molecule has 4 rings (SSSR count). The van der Waals surface area contributed by atoms with E-state index in [1.807, 2.05) is 28.0 Å². The highest BCUT2D eigenvalue weighted by Crippen LogP contribution is 2.32. The molecule has 0 bridgehead atoms. The molecular formula is C22H23N3O3. The highest BCUT2D eigenvalue weighted by Gasteiger charge is 2.33. The van der Waals surface area contributed by atoms with E-state index in [0.717, 1.165) is 30.5 Å². The molecule has 2 aromatic carbocycles. The lowest BCUT2D eigenvalue weighted by Crippen LogP contribution is -2.50. The number of oxime groups is 1. The van der Waals surface area contributed by atoms with Crippen LogP contribution in [0.5, 0.6) is 0 Å². The fourth-order valence-electron chi connectivity index (χ4n) is 4.14. The number of hydrogen-bond donors (Lipinski definition) is 1. The molecule has 2 aliphatic heterocycles. The second-order valence-corrected chi connectivity index (χ2v) is 7.28. The molecule has 0 aliphatic carbocycles. The van der Waals surface area contributed by atoms with Gasteiger partial charge in [0.05, 0.1) is 6.21 Å². The summed E-state index contributed by atoms with van der Waals surface area (Å²) in [6, 6.07) is 15.3. The van der Waals surface area contributed by atoms with Crippen molar-refractivity contribution in [2.75, 3.05) is 18.0 Å². The van der Waals surface area contributed by atoms with E-state index in [9.17, 15) is 9.59 Å². The summed E-state index contributed by atoms with van der Waals surface area (Å²) in [6.07, 6.45) is 4.24. The normalized spacial score (nSPS) is 17.8. The van der Waals surface area contributed by atoms with Gasteiger partial charge < -0.3 is 15.0 Å². The largest absolute Gasteiger partial charge is 0.411 e. The molecular weight excluding hydrogens is 354 g/mol. The molecule has 2 aliphatic rings. The second-order valence-electron chi connectivity index (χ2n) is 7.28. The van der Waals surface area contributed by atoms with E-state index in [0.29, 0.717) is 25.1 Å². The van der Waals surface area contributed by atoms with Crippen LogP contribution in [0.1, 0.15) is 40.7 Å². The molecule has 1 N–H and O–H groups in total. The smallest absolute Gasteiger partial charge is 0.253 e. The van der Waals surface area contributed by atoms with Crippen molar-refractivity contribution in [1.29, 1.82) is 0 Å². The zero-order chi connectivity index (χ0) is 19.5. The molecule has 0 atom stereocenters. The molecule has 0 aromatic heterocycles. The molecule has 1 fully saturated rings. The molecule has 6 heteroatoms. The van der Waals surface area contributed by atoms with Gasteiger partial charge in [0.1, 0.15) is 0 Å². The Morgan fingerprint density at radius 1 is 1.04 bits per heavy atom. The molecule has 6 nitrogen and oxygen atoms in total. The van der Waals surface area contributed by atoms with Crippen molar-refractivity contribution >= 4 is 23.7 Å². The van der Waals surface area contributed by atoms with E-state index in [4.69, 9.17) is 5.21 Å². The van der Waals surface area contributed by atoms with E-state index in [2.05, 4.69) is 11.2 Å². The monoisotopic (exact) mass is 377 g/mol. The van der Waals surface area contributed by atoms with Gasteiger partial charge in [0.2, 0.25) is 5.91 Å². The zero-order valence-corrected chi connectivity index (χ0v) is 15.6. The molecule has 2 aromatic rings. The third kappa shape index (κ3) is 3.50. The van der Waals surface area contributed by atoms with E-state index in [-0.39, 0.29) is 17.9 Å². The van der Waals surface area contributed by atoms with E-state index in [1.165, 1.54) is 11.8 Å². The number of carbonyl (C=O) groups is 2. The number of anilines is 1. The summed E-state index contributed by atoms with van der Waals surface area (Å²) >= 11 is 0. The maximum Gasteiger partial charge on any atom is 0.253 e. The molecule has 28 heavy (non-hydrogen) atoms. The Bertz CT molecular complexity index is 899. The number of hydrogen-bond acceptors (Lipinski definition) is 4. The van der Waals surface area contributed by atoms with Crippen LogP contribution in [0.3, 0.4) is 0 Å². The van der Waals surface area contributed by atoms with Gasteiger partial charge in [-0.25, -0.2) is 0 Å².